The van der Waals surface area contributed by atoms with Crippen LogP contribution in [0.3, 0.4) is 0 Å². The zero-order chi connectivity index (χ0) is 13.7. The van der Waals surface area contributed by atoms with Crippen LogP contribution in [0, 0.1) is 5.92 Å². The quantitative estimate of drug-likeness (QED) is 0.792. The second kappa shape index (κ2) is 6.73. The van der Waals surface area contributed by atoms with Crippen LogP contribution in [0.25, 0.3) is 0 Å². The van der Waals surface area contributed by atoms with Gasteiger partial charge >= 0.3 is 0 Å². The molecular weight excluding hydrogens is 230 g/mol. The van der Waals surface area contributed by atoms with Crippen LogP contribution in [0.1, 0.15) is 33.6 Å². The molecule has 1 aliphatic heterocycles. The van der Waals surface area contributed by atoms with Gasteiger partial charge in [0.25, 0.3) is 0 Å². The molecule has 1 fully saturated rings. The Kier molecular flexibility index (Phi) is 5.59. The summed E-state index contributed by atoms with van der Waals surface area (Å²) in [7, 11) is 0. The summed E-state index contributed by atoms with van der Waals surface area (Å²) < 4.78 is 0. The van der Waals surface area contributed by atoms with Crippen molar-refractivity contribution in [2.24, 2.45) is 11.7 Å². The predicted molar refractivity (Wildman–Crippen MR) is 70.9 cm³/mol. The van der Waals surface area contributed by atoms with Gasteiger partial charge in [0.05, 0.1) is 6.54 Å². The number of carbonyl (C=O) groups is 2. The number of piperidine rings is 1. The molecule has 1 saturated heterocycles. The number of nitrogens with two attached hydrogens (primary N) is 1. The fourth-order valence-corrected chi connectivity index (χ4v) is 2.55. The molecule has 0 aromatic rings. The zero-order valence-corrected chi connectivity index (χ0v) is 11.7. The third-order valence-corrected chi connectivity index (χ3v) is 3.53. The Balaban J connectivity index is 2.56. The maximum Gasteiger partial charge on any atom is 0.236 e. The molecule has 1 atom stereocenters. The summed E-state index contributed by atoms with van der Waals surface area (Å²) in [5.41, 5.74) is 5.39. The summed E-state index contributed by atoms with van der Waals surface area (Å²) in [4.78, 5) is 26.8. The summed E-state index contributed by atoms with van der Waals surface area (Å²) in [5, 5.41) is 0. The minimum atomic E-state index is 0.0126. The molecule has 0 aromatic carbocycles. The summed E-state index contributed by atoms with van der Waals surface area (Å²) in [5.74, 6) is 0.492. The predicted octanol–water partition coefficient (Wildman–Crippen LogP) is 0.441. The Labute approximate surface area is 109 Å². The smallest absolute Gasteiger partial charge is 0.236 e. The minimum Gasteiger partial charge on any atom is -0.341 e. The van der Waals surface area contributed by atoms with Crippen LogP contribution >= 0.6 is 0 Å². The number of nitrogens with zero attached hydrogens (tertiary/aromatic N) is 2. The van der Waals surface area contributed by atoms with Crippen molar-refractivity contribution in [1.82, 2.24) is 9.80 Å². The lowest BCUT2D eigenvalue weighted by molar-refractivity contribution is -0.133. The van der Waals surface area contributed by atoms with Gasteiger partial charge in [-0.1, -0.05) is 0 Å². The first-order chi connectivity index (χ1) is 8.45. The molecule has 0 bridgehead atoms. The average molecular weight is 255 g/mol. The van der Waals surface area contributed by atoms with Gasteiger partial charge in [-0.25, -0.2) is 0 Å². The van der Waals surface area contributed by atoms with E-state index in [9.17, 15) is 9.59 Å². The highest BCUT2D eigenvalue weighted by molar-refractivity contribution is 5.78. The van der Waals surface area contributed by atoms with E-state index in [2.05, 4.69) is 0 Å². The van der Waals surface area contributed by atoms with Crippen molar-refractivity contribution in [3.63, 3.8) is 0 Å². The van der Waals surface area contributed by atoms with Crippen LogP contribution in [0.2, 0.25) is 0 Å². The molecule has 1 heterocycles. The summed E-state index contributed by atoms with van der Waals surface area (Å²) in [6.07, 6.45) is 2.07. The lowest BCUT2D eigenvalue weighted by Crippen LogP contribution is -2.47. The molecule has 2 N–H and O–H groups in total. The number of rotatable bonds is 4. The highest BCUT2D eigenvalue weighted by atomic mass is 16.2. The first-order valence-corrected chi connectivity index (χ1v) is 6.70. The summed E-state index contributed by atoms with van der Waals surface area (Å²) in [6.45, 7) is 7.99. The van der Waals surface area contributed by atoms with E-state index in [1.165, 1.54) is 0 Å². The molecule has 0 radical (unpaired) electrons. The van der Waals surface area contributed by atoms with Gasteiger partial charge in [0.2, 0.25) is 11.8 Å². The highest BCUT2D eigenvalue weighted by Gasteiger charge is 2.26. The first kappa shape index (κ1) is 15.0. The second-order valence-corrected chi connectivity index (χ2v) is 5.32. The van der Waals surface area contributed by atoms with E-state index in [0.29, 0.717) is 5.92 Å². The first-order valence-electron chi connectivity index (χ1n) is 6.70. The van der Waals surface area contributed by atoms with Crippen molar-refractivity contribution >= 4 is 11.8 Å². The number of hydrogen-bond donors (Lipinski definition) is 1. The lowest BCUT2D eigenvalue weighted by Gasteiger charge is -2.36. The maximum absolute atomic E-state index is 11.6. The van der Waals surface area contributed by atoms with Gasteiger partial charge in [0, 0.05) is 32.6 Å². The molecule has 0 saturated carbocycles. The van der Waals surface area contributed by atoms with Crippen molar-refractivity contribution in [2.45, 2.75) is 39.7 Å². The summed E-state index contributed by atoms with van der Waals surface area (Å²) >= 11 is 0. The lowest BCUT2D eigenvalue weighted by atomic mass is 9.96. The van der Waals surface area contributed by atoms with Gasteiger partial charge in [-0.3, -0.25) is 9.59 Å². The molecule has 0 aromatic heterocycles. The second-order valence-electron chi connectivity index (χ2n) is 5.32. The largest absolute Gasteiger partial charge is 0.341 e. The third kappa shape index (κ3) is 3.98. The Bertz CT molecular complexity index is 305. The van der Waals surface area contributed by atoms with Crippen molar-refractivity contribution in [3.05, 3.63) is 0 Å². The Hall–Kier alpha value is -1.10. The molecule has 2 amide bonds. The van der Waals surface area contributed by atoms with Gasteiger partial charge < -0.3 is 15.5 Å². The van der Waals surface area contributed by atoms with Gasteiger partial charge in [0.1, 0.15) is 0 Å². The van der Waals surface area contributed by atoms with E-state index < -0.39 is 0 Å². The Morgan fingerprint density at radius 3 is 2.61 bits per heavy atom. The number of carbonyl (C=O) groups excluding carboxylic acids is 2. The van der Waals surface area contributed by atoms with E-state index in [1.807, 2.05) is 23.6 Å². The molecule has 0 aliphatic carbocycles. The van der Waals surface area contributed by atoms with Crippen LogP contribution in [-0.4, -0.2) is 53.8 Å². The monoisotopic (exact) mass is 255 g/mol. The summed E-state index contributed by atoms with van der Waals surface area (Å²) in [6, 6.07) is 0.211. The molecule has 18 heavy (non-hydrogen) atoms. The molecular formula is C13H25N3O2. The minimum absolute atomic E-state index is 0.0126. The molecule has 1 aliphatic rings. The van der Waals surface area contributed by atoms with Gasteiger partial charge in [-0.15, -0.1) is 0 Å². The van der Waals surface area contributed by atoms with Gasteiger partial charge in [-0.05, 0) is 32.6 Å². The molecule has 1 rings (SSSR count). The van der Waals surface area contributed by atoms with Gasteiger partial charge in [0.15, 0.2) is 0 Å². The normalized spacial score (nSPS) is 20.1. The third-order valence-electron chi connectivity index (χ3n) is 3.53. The van der Waals surface area contributed by atoms with Crippen molar-refractivity contribution in [3.8, 4) is 0 Å². The fourth-order valence-electron chi connectivity index (χ4n) is 2.55. The van der Waals surface area contributed by atoms with E-state index in [1.54, 1.807) is 6.92 Å². The van der Waals surface area contributed by atoms with Crippen molar-refractivity contribution in [1.29, 1.82) is 0 Å². The highest BCUT2D eigenvalue weighted by Crippen LogP contribution is 2.18. The zero-order valence-electron chi connectivity index (χ0n) is 11.7. The standard InChI is InChI=1S/C13H25N3O2/c1-10(2)16(11(3)17)9-12-5-4-6-15(8-12)13(18)7-14/h10,12H,4-9,14H2,1-3H3/t12-/m0/s1. The van der Waals surface area contributed by atoms with Crippen molar-refractivity contribution in [2.75, 3.05) is 26.2 Å². The van der Waals surface area contributed by atoms with Crippen LogP contribution in [0.4, 0.5) is 0 Å². The number of amides is 2. The Morgan fingerprint density at radius 1 is 1.44 bits per heavy atom. The van der Waals surface area contributed by atoms with Crippen molar-refractivity contribution < 1.29 is 9.59 Å². The molecule has 0 unspecified atom stereocenters. The van der Waals surface area contributed by atoms with E-state index in [0.717, 1.165) is 32.5 Å². The molecule has 5 nitrogen and oxygen atoms in total. The molecule has 104 valence electrons. The number of likely N-dealkylation sites (tertiary alicyclic amines) is 1. The van der Waals surface area contributed by atoms with Crippen LogP contribution in [0.15, 0.2) is 0 Å². The van der Waals surface area contributed by atoms with E-state index in [-0.39, 0.29) is 24.4 Å². The fraction of sp³-hybridized carbons (Fsp3) is 0.846. The van der Waals surface area contributed by atoms with Crippen LogP contribution in [0.5, 0.6) is 0 Å². The van der Waals surface area contributed by atoms with E-state index >= 15 is 0 Å². The van der Waals surface area contributed by atoms with Crippen LogP contribution in [-0.2, 0) is 9.59 Å². The van der Waals surface area contributed by atoms with Gasteiger partial charge in [-0.2, -0.15) is 0 Å². The van der Waals surface area contributed by atoms with E-state index in [4.69, 9.17) is 5.73 Å². The Morgan fingerprint density at radius 2 is 2.11 bits per heavy atom. The SMILES string of the molecule is CC(=O)N(C[C@H]1CCCN(C(=O)CN)C1)C(C)C. The number of hydrogen-bond acceptors (Lipinski definition) is 3. The molecule has 0 spiro atoms. The average Bonchev–Trinajstić information content (AvgIpc) is 2.34. The maximum atomic E-state index is 11.6. The van der Waals surface area contributed by atoms with Crippen LogP contribution < -0.4 is 5.73 Å². The topological polar surface area (TPSA) is 66.6 Å². The molecule has 5 heteroatoms.